The SMILES string of the molecule is C=C(Cl)CC(=O)[C@H]1CCCN1. The molecule has 0 bridgehead atoms. The van der Waals surface area contributed by atoms with Crippen LogP contribution in [0.2, 0.25) is 0 Å². The summed E-state index contributed by atoms with van der Waals surface area (Å²) in [4.78, 5) is 11.2. The molecule has 1 fully saturated rings. The van der Waals surface area contributed by atoms with Gasteiger partial charge in [-0.2, -0.15) is 0 Å². The molecule has 0 spiro atoms. The molecule has 1 aliphatic heterocycles. The standard InChI is InChI=1S/C8H12ClNO/c1-6(9)5-8(11)7-3-2-4-10-7/h7,10H,1-5H2/t7-/m1/s1. The first-order valence-corrected chi connectivity index (χ1v) is 4.17. The fourth-order valence-corrected chi connectivity index (χ4v) is 1.40. The monoisotopic (exact) mass is 173 g/mol. The Kier molecular flexibility index (Phi) is 3.09. The smallest absolute Gasteiger partial charge is 0.154 e. The molecule has 2 nitrogen and oxygen atoms in total. The van der Waals surface area contributed by atoms with Crippen LogP contribution >= 0.6 is 11.6 Å². The average molecular weight is 174 g/mol. The van der Waals surface area contributed by atoms with Crippen molar-refractivity contribution in [2.75, 3.05) is 6.54 Å². The summed E-state index contributed by atoms with van der Waals surface area (Å²) in [6.07, 6.45) is 2.34. The van der Waals surface area contributed by atoms with Crippen molar-refractivity contribution < 1.29 is 4.79 Å². The maximum atomic E-state index is 11.2. The van der Waals surface area contributed by atoms with E-state index in [1.54, 1.807) is 0 Å². The quantitative estimate of drug-likeness (QED) is 0.700. The van der Waals surface area contributed by atoms with E-state index in [0.717, 1.165) is 19.4 Å². The number of allylic oxidation sites excluding steroid dienone is 1. The minimum absolute atomic E-state index is 0.0329. The van der Waals surface area contributed by atoms with Gasteiger partial charge in [-0.15, -0.1) is 0 Å². The van der Waals surface area contributed by atoms with Crippen molar-refractivity contribution in [2.24, 2.45) is 0 Å². The lowest BCUT2D eigenvalue weighted by molar-refractivity contribution is -0.119. The molecule has 62 valence electrons. The predicted molar refractivity (Wildman–Crippen MR) is 45.6 cm³/mol. The average Bonchev–Trinajstić information content (AvgIpc) is 2.35. The molecule has 1 aliphatic rings. The number of hydrogen-bond donors (Lipinski definition) is 1. The van der Waals surface area contributed by atoms with Crippen molar-refractivity contribution in [3.8, 4) is 0 Å². The number of hydrogen-bond acceptors (Lipinski definition) is 2. The van der Waals surface area contributed by atoms with Crippen LogP contribution in [0, 0.1) is 0 Å². The van der Waals surface area contributed by atoms with Crippen molar-refractivity contribution in [1.82, 2.24) is 5.32 Å². The number of Topliss-reactive ketones (excluding diaryl/α,β-unsaturated/α-hetero) is 1. The van der Waals surface area contributed by atoms with Gasteiger partial charge in [-0.3, -0.25) is 4.79 Å². The number of halogens is 1. The summed E-state index contributed by atoms with van der Waals surface area (Å²) in [5.74, 6) is 0.169. The molecule has 0 unspecified atom stereocenters. The van der Waals surface area contributed by atoms with E-state index in [2.05, 4.69) is 11.9 Å². The Labute approximate surface area is 71.6 Å². The molecule has 11 heavy (non-hydrogen) atoms. The van der Waals surface area contributed by atoms with Gasteiger partial charge in [0.2, 0.25) is 0 Å². The van der Waals surface area contributed by atoms with Gasteiger partial charge in [0, 0.05) is 11.5 Å². The Morgan fingerprint density at radius 1 is 1.73 bits per heavy atom. The van der Waals surface area contributed by atoms with Gasteiger partial charge in [0.1, 0.15) is 0 Å². The summed E-state index contributed by atoms with van der Waals surface area (Å²) in [6.45, 7) is 4.43. The lowest BCUT2D eigenvalue weighted by Gasteiger charge is -2.06. The zero-order chi connectivity index (χ0) is 8.27. The van der Waals surface area contributed by atoms with E-state index in [1.807, 2.05) is 0 Å². The second-order valence-corrected chi connectivity index (χ2v) is 3.34. The number of ketones is 1. The molecule has 0 aromatic rings. The minimum Gasteiger partial charge on any atom is -0.307 e. The third kappa shape index (κ3) is 2.64. The highest BCUT2D eigenvalue weighted by Gasteiger charge is 2.21. The third-order valence-electron chi connectivity index (χ3n) is 1.82. The lowest BCUT2D eigenvalue weighted by atomic mass is 10.1. The van der Waals surface area contributed by atoms with Crippen molar-refractivity contribution in [1.29, 1.82) is 0 Å². The molecule has 1 saturated heterocycles. The second kappa shape index (κ2) is 3.88. The lowest BCUT2D eigenvalue weighted by Crippen LogP contribution is -2.30. The largest absolute Gasteiger partial charge is 0.307 e. The van der Waals surface area contributed by atoms with Crippen LogP contribution in [0.4, 0.5) is 0 Å². The summed E-state index contributed by atoms with van der Waals surface area (Å²) in [6, 6.07) is 0.0329. The van der Waals surface area contributed by atoms with Crippen LogP contribution in [0.25, 0.3) is 0 Å². The van der Waals surface area contributed by atoms with E-state index >= 15 is 0 Å². The zero-order valence-electron chi connectivity index (χ0n) is 6.40. The van der Waals surface area contributed by atoms with Crippen LogP contribution in [0.15, 0.2) is 11.6 Å². The molecule has 0 radical (unpaired) electrons. The fourth-order valence-electron chi connectivity index (χ4n) is 1.27. The molecule has 0 aromatic carbocycles. The van der Waals surface area contributed by atoms with Gasteiger partial charge in [-0.05, 0) is 19.4 Å². The van der Waals surface area contributed by atoms with Crippen LogP contribution < -0.4 is 5.32 Å². The van der Waals surface area contributed by atoms with Crippen LogP contribution in [-0.2, 0) is 4.79 Å². The van der Waals surface area contributed by atoms with E-state index in [1.165, 1.54) is 0 Å². The summed E-state index contributed by atoms with van der Waals surface area (Å²) >= 11 is 5.51. The van der Waals surface area contributed by atoms with E-state index < -0.39 is 0 Å². The molecule has 3 heteroatoms. The van der Waals surface area contributed by atoms with Crippen LogP contribution in [0.3, 0.4) is 0 Å². The summed E-state index contributed by atoms with van der Waals surface area (Å²) in [7, 11) is 0. The van der Waals surface area contributed by atoms with E-state index in [0.29, 0.717) is 11.5 Å². The molecular formula is C8H12ClNO. The van der Waals surface area contributed by atoms with Gasteiger partial charge in [0.15, 0.2) is 5.78 Å². The van der Waals surface area contributed by atoms with Crippen molar-refractivity contribution in [3.63, 3.8) is 0 Å². The number of nitrogens with one attached hydrogen (secondary N) is 1. The number of carbonyl (C=O) groups excluding carboxylic acids is 1. The van der Waals surface area contributed by atoms with Crippen LogP contribution in [0.5, 0.6) is 0 Å². The summed E-state index contributed by atoms with van der Waals surface area (Å²) < 4.78 is 0. The first-order chi connectivity index (χ1) is 5.20. The Bertz CT molecular complexity index is 173. The Morgan fingerprint density at radius 3 is 2.91 bits per heavy atom. The highest BCUT2D eigenvalue weighted by atomic mass is 35.5. The summed E-state index contributed by atoms with van der Waals surface area (Å²) in [5, 5.41) is 3.55. The second-order valence-electron chi connectivity index (χ2n) is 2.81. The maximum absolute atomic E-state index is 11.2. The molecule has 0 aliphatic carbocycles. The highest BCUT2D eigenvalue weighted by molar-refractivity contribution is 6.30. The van der Waals surface area contributed by atoms with Gasteiger partial charge >= 0.3 is 0 Å². The molecule has 0 saturated carbocycles. The molecule has 1 N–H and O–H groups in total. The molecule has 1 rings (SSSR count). The van der Waals surface area contributed by atoms with Crippen molar-refractivity contribution in [2.45, 2.75) is 25.3 Å². The Morgan fingerprint density at radius 2 is 2.45 bits per heavy atom. The van der Waals surface area contributed by atoms with Gasteiger partial charge in [-0.1, -0.05) is 18.2 Å². The fraction of sp³-hybridized carbons (Fsp3) is 0.625. The highest BCUT2D eigenvalue weighted by Crippen LogP contribution is 2.12. The molecule has 0 amide bonds. The van der Waals surface area contributed by atoms with Gasteiger partial charge in [0.25, 0.3) is 0 Å². The van der Waals surface area contributed by atoms with E-state index in [-0.39, 0.29) is 11.8 Å². The van der Waals surface area contributed by atoms with Gasteiger partial charge in [-0.25, -0.2) is 0 Å². The minimum atomic E-state index is 0.0329. The topological polar surface area (TPSA) is 29.1 Å². The van der Waals surface area contributed by atoms with Crippen molar-refractivity contribution >= 4 is 17.4 Å². The predicted octanol–water partition coefficient (Wildman–Crippen LogP) is 1.45. The van der Waals surface area contributed by atoms with Gasteiger partial charge in [0.05, 0.1) is 6.04 Å². The number of rotatable bonds is 3. The van der Waals surface area contributed by atoms with Crippen molar-refractivity contribution in [3.05, 3.63) is 11.6 Å². The van der Waals surface area contributed by atoms with Crippen LogP contribution in [-0.4, -0.2) is 18.4 Å². The first-order valence-electron chi connectivity index (χ1n) is 3.79. The number of carbonyl (C=O) groups is 1. The molecule has 1 atom stereocenters. The third-order valence-corrected chi connectivity index (χ3v) is 1.95. The Hall–Kier alpha value is -0.340. The molecule has 0 aromatic heterocycles. The van der Waals surface area contributed by atoms with E-state index in [9.17, 15) is 4.79 Å². The van der Waals surface area contributed by atoms with Gasteiger partial charge < -0.3 is 5.32 Å². The maximum Gasteiger partial charge on any atom is 0.154 e. The normalized spacial score (nSPS) is 23.5. The Balaban J connectivity index is 2.34. The first kappa shape index (κ1) is 8.75. The van der Waals surface area contributed by atoms with Crippen LogP contribution in [0.1, 0.15) is 19.3 Å². The molecular weight excluding hydrogens is 162 g/mol. The zero-order valence-corrected chi connectivity index (χ0v) is 7.16. The summed E-state index contributed by atoms with van der Waals surface area (Å²) in [5.41, 5.74) is 0. The van der Waals surface area contributed by atoms with E-state index in [4.69, 9.17) is 11.6 Å². The molecule has 1 heterocycles.